The van der Waals surface area contributed by atoms with E-state index in [0.29, 0.717) is 12.0 Å². The predicted octanol–water partition coefficient (Wildman–Crippen LogP) is 1.16. The normalized spacial score (nSPS) is 9.40. The molecule has 0 aliphatic heterocycles. The molecule has 5 heteroatoms. The topological polar surface area (TPSA) is 83.5 Å². The number of nitrogens with one attached hydrogen (secondary N) is 1. The summed E-state index contributed by atoms with van der Waals surface area (Å²) in [6, 6.07) is 3.93. The van der Waals surface area contributed by atoms with E-state index in [9.17, 15) is 14.4 Å². The van der Waals surface area contributed by atoms with Crippen LogP contribution in [0, 0.1) is 0 Å². The molecule has 0 atom stereocenters. The Bertz CT molecular complexity index is 425. The van der Waals surface area contributed by atoms with Gasteiger partial charge in [0.1, 0.15) is 6.29 Å². The van der Waals surface area contributed by atoms with Gasteiger partial charge < -0.3 is 10.4 Å². The molecule has 0 heterocycles. The van der Waals surface area contributed by atoms with Gasteiger partial charge >= 0.3 is 5.97 Å². The van der Waals surface area contributed by atoms with Gasteiger partial charge in [0, 0.05) is 18.2 Å². The molecule has 0 spiro atoms. The van der Waals surface area contributed by atoms with Crippen LogP contribution in [0.15, 0.2) is 18.2 Å². The third-order valence-electron chi connectivity index (χ3n) is 1.66. The number of carbonyl (C=O) groups is 3. The number of benzene rings is 1. The molecule has 0 saturated carbocycles. The van der Waals surface area contributed by atoms with Crippen LogP contribution in [0.4, 0.5) is 5.69 Å². The van der Waals surface area contributed by atoms with Gasteiger partial charge in [0.2, 0.25) is 5.91 Å². The molecule has 1 aromatic rings. The van der Waals surface area contributed by atoms with Crippen molar-refractivity contribution in [2.24, 2.45) is 0 Å². The zero-order valence-corrected chi connectivity index (χ0v) is 7.98. The van der Waals surface area contributed by atoms with E-state index in [4.69, 9.17) is 5.11 Å². The fourth-order valence-electron chi connectivity index (χ4n) is 1.12. The van der Waals surface area contributed by atoms with Crippen molar-refractivity contribution in [3.8, 4) is 0 Å². The second-order valence-corrected chi connectivity index (χ2v) is 2.95. The van der Waals surface area contributed by atoms with E-state index in [1.807, 2.05) is 0 Å². The minimum Gasteiger partial charge on any atom is -0.478 e. The highest BCUT2D eigenvalue weighted by molar-refractivity contribution is 5.95. The van der Waals surface area contributed by atoms with E-state index < -0.39 is 5.97 Å². The number of carbonyl (C=O) groups excluding carboxylic acids is 2. The van der Waals surface area contributed by atoms with Crippen LogP contribution in [0.5, 0.6) is 0 Å². The number of rotatable bonds is 3. The van der Waals surface area contributed by atoms with Crippen LogP contribution in [0.2, 0.25) is 0 Å². The number of hydrogen-bond donors (Lipinski definition) is 2. The van der Waals surface area contributed by atoms with Gasteiger partial charge in [0.05, 0.1) is 5.56 Å². The second kappa shape index (κ2) is 4.36. The lowest BCUT2D eigenvalue weighted by atomic mass is 10.1. The van der Waals surface area contributed by atoms with Crippen molar-refractivity contribution in [1.82, 2.24) is 0 Å². The van der Waals surface area contributed by atoms with Crippen molar-refractivity contribution in [3.63, 3.8) is 0 Å². The Hall–Kier alpha value is -2.17. The smallest absolute Gasteiger partial charge is 0.335 e. The van der Waals surface area contributed by atoms with Crippen molar-refractivity contribution >= 4 is 23.9 Å². The van der Waals surface area contributed by atoms with Crippen molar-refractivity contribution in [3.05, 3.63) is 29.3 Å². The zero-order chi connectivity index (χ0) is 11.4. The van der Waals surface area contributed by atoms with Gasteiger partial charge in [-0.15, -0.1) is 0 Å². The second-order valence-electron chi connectivity index (χ2n) is 2.95. The Morgan fingerprint density at radius 2 is 2.00 bits per heavy atom. The molecule has 78 valence electrons. The van der Waals surface area contributed by atoms with Gasteiger partial charge in [0.25, 0.3) is 0 Å². The molecule has 1 aromatic carbocycles. The van der Waals surface area contributed by atoms with Gasteiger partial charge in [-0.1, -0.05) is 0 Å². The molecule has 5 nitrogen and oxygen atoms in total. The molecule has 0 unspecified atom stereocenters. The Kier molecular flexibility index (Phi) is 3.17. The fourth-order valence-corrected chi connectivity index (χ4v) is 1.12. The number of aldehydes is 1. The van der Waals surface area contributed by atoms with Crippen molar-refractivity contribution in [2.75, 3.05) is 5.32 Å². The number of hydrogen-bond acceptors (Lipinski definition) is 3. The van der Waals surface area contributed by atoms with Gasteiger partial charge in [-0.2, -0.15) is 0 Å². The molecule has 0 fully saturated rings. The molecular formula is C10H9NO4. The predicted molar refractivity (Wildman–Crippen MR) is 53.1 cm³/mol. The summed E-state index contributed by atoms with van der Waals surface area (Å²) < 4.78 is 0. The third-order valence-corrected chi connectivity index (χ3v) is 1.66. The Morgan fingerprint density at radius 3 is 2.47 bits per heavy atom. The summed E-state index contributed by atoms with van der Waals surface area (Å²) in [4.78, 5) is 31.9. The highest BCUT2D eigenvalue weighted by Gasteiger charge is 2.07. The molecule has 0 aromatic heterocycles. The number of carboxylic acid groups (broad SMARTS) is 1. The van der Waals surface area contributed by atoms with Crippen LogP contribution < -0.4 is 5.32 Å². The number of aromatic carboxylic acids is 1. The summed E-state index contributed by atoms with van der Waals surface area (Å²) in [6.45, 7) is 1.30. The fraction of sp³-hybridized carbons (Fsp3) is 0.100. The molecule has 1 amide bonds. The molecule has 0 aliphatic carbocycles. The van der Waals surface area contributed by atoms with Crippen molar-refractivity contribution < 1.29 is 19.5 Å². The highest BCUT2D eigenvalue weighted by atomic mass is 16.4. The van der Waals surface area contributed by atoms with Crippen LogP contribution in [0.1, 0.15) is 27.6 Å². The molecule has 15 heavy (non-hydrogen) atoms. The number of amides is 1. The van der Waals surface area contributed by atoms with Crippen LogP contribution in [0.25, 0.3) is 0 Å². The maximum atomic E-state index is 10.7. The third kappa shape index (κ3) is 2.91. The molecule has 2 N–H and O–H groups in total. The first-order valence-electron chi connectivity index (χ1n) is 4.14. The van der Waals surface area contributed by atoms with Crippen LogP contribution in [0.3, 0.4) is 0 Å². The van der Waals surface area contributed by atoms with E-state index in [1.54, 1.807) is 0 Å². The average molecular weight is 207 g/mol. The van der Waals surface area contributed by atoms with Crippen molar-refractivity contribution in [2.45, 2.75) is 6.92 Å². The Labute approximate surface area is 85.7 Å². The van der Waals surface area contributed by atoms with Crippen molar-refractivity contribution in [1.29, 1.82) is 0 Å². The summed E-state index contributed by atoms with van der Waals surface area (Å²) in [5.74, 6) is -1.47. The highest BCUT2D eigenvalue weighted by Crippen LogP contribution is 2.14. The van der Waals surface area contributed by atoms with E-state index >= 15 is 0 Å². The van der Waals surface area contributed by atoms with Crippen LogP contribution >= 0.6 is 0 Å². The molecular weight excluding hydrogens is 198 g/mol. The lowest BCUT2D eigenvalue weighted by Crippen LogP contribution is -2.08. The lowest BCUT2D eigenvalue weighted by Gasteiger charge is -2.04. The van der Waals surface area contributed by atoms with E-state index in [0.717, 1.165) is 0 Å². The van der Waals surface area contributed by atoms with E-state index in [2.05, 4.69) is 5.32 Å². The van der Waals surface area contributed by atoms with Gasteiger partial charge in [-0.25, -0.2) is 4.79 Å². The number of anilines is 1. The summed E-state index contributed by atoms with van der Waals surface area (Å²) in [7, 11) is 0. The summed E-state index contributed by atoms with van der Waals surface area (Å²) in [5, 5.41) is 11.1. The standard InChI is InChI=1S/C10H9NO4/c1-6(13)11-9-3-7(5-12)2-8(4-9)10(14)15/h2-5H,1H3,(H,11,13)(H,14,15). The van der Waals surface area contributed by atoms with Gasteiger partial charge in [-0.05, 0) is 18.2 Å². The van der Waals surface area contributed by atoms with E-state index in [-0.39, 0.29) is 17.0 Å². The zero-order valence-electron chi connectivity index (χ0n) is 7.98. The average Bonchev–Trinajstić information content (AvgIpc) is 2.16. The maximum Gasteiger partial charge on any atom is 0.335 e. The minimum atomic E-state index is -1.15. The molecule has 1 rings (SSSR count). The molecule has 0 radical (unpaired) electrons. The monoisotopic (exact) mass is 207 g/mol. The van der Waals surface area contributed by atoms with Gasteiger partial charge in [-0.3, -0.25) is 9.59 Å². The van der Waals surface area contributed by atoms with E-state index in [1.165, 1.54) is 25.1 Å². The Morgan fingerprint density at radius 1 is 1.33 bits per heavy atom. The Balaban J connectivity index is 3.16. The largest absolute Gasteiger partial charge is 0.478 e. The van der Waals surface area contributed by atoms with Crippen LogP contribution in [-0.4, -0.2) is 23.3 Å². The number of carboxylic acids is 1. The quantitative estimate of drug-likeness (QED) is 0.728. The molecule has 0 bridgehead atoms. The maximum absolute atomic E-state index is 10.7. The SMILES string of the molecule is CC(=O)Nc1cc(C=O)cc(C(=O)O)c1. The summed E-state index contributed by atoms with van der Waals surface area (Å²) >= 11 is 0. The first-order valence-corrected chi connectivity index (χ1v) is 4.14. The molecule has 0 saturated heterocycles. The first kappa shape index (κ1) is 10.9. The van der Waals surface area contributed by atoms with Gasteiger partial charge in [0.15, 0.2) is 0 Å². The molecule has 0 aliphatic rings. The van der Waals surface area contributed by atoms with Crippen LogP contribution in [-0.2, 0) is 4.79 Å². The lowest BCUT2D eigenvalue weighted by molar-refractivity contribution is -0.114. The first-order chi connectivity index (χ1) is 7.02. The summed E-state index contributed by atoms with van der Waals surface area (Å²) in [5.41, 5.74) is 0.464. The summed E-state index contributed by atoms with van der Waals surface area (Å²) in [6.07, 6.45) is 0.526. The minimum absolute atomic E-state index is 0.0386.